The molecule has 1 aromatic heterocycles. The quantitative estimate of drug-likeness (QED) is 0.185. The topological polar surface area (TPSA) is 207 Å². The highest BCUT2D eigenvalue weighted by Gasteiger charge is 2.30. The first-order valence-corrected chi connectivity index (χ1v) is 9.83. The fourth-order valence-corrected chi connectivity index (χ4v) is 3.00. The number of amides is 3. The summed E-state index contributed by atoms with van der Waals surface area (Å²) >= 11 is 0. The van der Waals surface area contributed by atoms with Crippen LogP contribution in [0, 0.1) is 0 Å². The smallest absolute Gasteiger partial charge is 0.328 e. The maximum Gasteiger partial charge on any atom is 0.328 e. The molecule has 0 saturated carbocycles. The highest BCUT2D eigenvalue weighted by atomic mass is 16.4. The number of aliphatic hydroxyl groups excluding tert-OH is 2. The minimum absolute atomic E-state index is 0.0117. The van der Waals surface area contributed by atoms with Crippen LogP contribution in [0.25, 0.3) is 10.9 Å². The highest BCUT2D eigenvalue weighted by Crippen LogP contribution is 2.19. The first-order valence-electron chi connectivity index (χ1n) is 9.83. The molecular weight excluding hydrogens is 422 g/mol. The van der Waals surface area contributed by atoms with E-state index in [1.807, 2.05) is 18.2 Å². The monoisotopic (exact) mass is 449 g/mol. The van der Waals surface area contributed by atoms with E-state index in [9.17, 15) is 29.4 Å². The Balaban J connectivity index is 2.18. The van der Waals surface area contributed by atoms with E-state index in [0.29, 0.717) is 5.56 Å². The summed E-state index contributed by atoms with van der Waals surface area (Å²) in [6, 6.07) is 3.31. The fourth-order valence-electron chi connectivity index (χ4n) is 3.00. The average Bonchev–Trinajstić information content (AvgIpc) is 3.16. The van der Waals surface area contributed by atoms with Crippen molar-refractivity contribution in [3.63, 3.8) is 0 Å². The summed E-state index contributed by atoms with van der Waals surface area (Å²) in [5, 5.41) is 35.5. The maximum atomic E-state index is 12.8. The van der Waals surface area contributed by atoms with Crippen LogP contribution < -0.4 is 21.7 Å². The van der Waals surface area contributed by atoms with Crippen molar-refractivity contribution in [3.05, 3.63) is 36.0 Å². The number of benzene rings is 1. The first kappa shape index (κ1) is 24.8. The molecule has 0 bridgehead atoms. The van der Waals surface area contributed by atoms with Gasteiger partial charge in [0.15, 0.2) is 6.04 Å². The summed E-state index contributed by atoms with van der Waals surface area (Å²) in [4.78, 5) is 51.2. The Morgan fingerprint density at radius 3 is 2.44 bits per heavy atom. The molecule has 4 atom stereocenters. The van der Waals surface area contributed by atoms with Gasteiger partial charge in [-0.1, -0.05) is 18.2 Å². The number of carboxylic acid groups (broad SMARTS) is 1. The van der Waals surface area contributed by atoms with Crippen LogP contribution >= 0.6 is 0 Å². The molecule has 0 aliphatic carbocycles. The molecule has 2 aromatic rings. The van der Waals surface area contributed by atoms with Crippen molar-refractivity contribution in [2.45, 2.75) is 37.6 Å². The van der Waals surface area contributed by atoms with Crippen LogP contribution in [0.4, 0.5) is 0 Å². The second kappa shape index (κ2) is 11.2. The van der Waals surface area contributed by atoms with Gasteiger partial charge >= 0.3 is 5.97 Å². The Morgan fingerprint density at radius 2 is 1.81 bits per heavy atom. The number of carbonyl (C=O) groups is 4. The molecule has 4 unspecified atom stereocenters. The average molecular weight is 449 g/mol. The summed E-state index contributed by atoms with van der Waals surface area (Å²) < 4.78 is 0. The minimum atomic E-state index is -1.58. The van der Waals surface area contributed by atoms with Crippen molar-refractivity contribution in [2.24, 2.45) is 5.73 Å². The molecule has 2 rings (SSSR count). The number of hydrogen-bond acceptors (Lipinski definition) is 7. The second-order valence-electron chi connectivity index (χ2n) is 7.26. The number of aliphatic carboxylic acids is 1. The third-order valence-corrected chi connectivity index (χ3v) is 4.75. The van der Waals surface area contributed by atoms with Crippen molar-refractivity contribution in [1.29, 1.82) is 0 Å². The van der Waals surface area contributed by atoms with Crippen molar-refractivity contribution in [2.75, 3.05) is 13.2 Å². The molecule has 0 spiro atoms. The standard InChI is InChI=1S/C20H27N5O7/c1-10(27)17(20(31)32)25-19(30)15(24-16(28)8-23-18(29)13(21)9-26)6-11-7-22-14-5-3-2-4-12(11)14/h2-5,7,10,13,15,17,22,26-27H,6,8-9,21H2,1H3,(H,23,29)(H,24,28)(H,25,30)(H,31,32). The molecule has 12 heteroatoms. The molecule has 174 valence electrons. The Labute approximate surface area is 183 Å². The Bertz CT molecular complexity index is 974. The number of rotatable bonds is 11. The SMILES string of the molecule is CC(O)C(NC(=O)C(Cc1c[nH]c2ccccc12)NC(=O)CNC(=O)C(N)CO)C(=O)O. The summed E-state index contributed by atoms with van der Waals surface area (Å²) in [6.45, 7) is 0.101. The van der Waals surface area contributed by atoms with Crippen LogP contribution in [0.3, 0.4) is 0 Å². The van der Waals surface area contributed by atoms with Gasteiger partial charge in [0.25, 0.3) is 0 Å². The van der Waals surface area contributed by atoms with Gasteiger partial charge in [0.05, 0.1) is 19.3 Å². The molecule has 1 heterocycles. The zero-order valence-corrected chi connectivity index (χ0v) is 17.4. The fraction of sp³-hybridized carbons (Fsp3) is 0.400. The van der Waals surface area contributed by atoms with Gasteiger partial charge in [0, 0.05) is 23.5 Å². The number of aromatic nitrogens is 1. The molecule has 32 heavy (non-hydrogen) atoms. The van der Waals surface area contributed by atoms with Crippen molar-refractivity contribution >= 4 is 34.6 Å². The lowest BCUT2D eigenvalue weighted by atomic mass is 10.0. The van der Waals surface area contributed by atoms with E-state index < -0.39 is 61.1 Å². The van der Waals surface area contributed by atoms with E-state index in [1.54, 1.807) is 12.3 Å². The van der Waals surface area contributed by atoms with Gasteiger partial charge in [-0.15, -0.1) is 0 Å². The van der Waals surface area contributed by atoms with Gasteiger partial charge < -0.3 is 42.0 Å². The highest BCUT2D eigenvalue weighted by molar-refractivity contribution is 5.93. The maximum absolute atomic E-state index is 12.8. The number of hydrogen-bond donors (Lipinski definition) is 8. The first-order chi connectivity index (χ1) is 15.1. The lowest BCUT2D eigenvalue weighted by Gasteiger charge is -2.23. The Kier molecular flexibility index (Phi) is 8.70. The van der Waals surface area contributed by atoms with Gasteiger partial charge in [-0.25, -0.2) is 4.79 Å². The third kappa shape index (κ3) is 6.51. The van der Waals surface area contributed by atoms with Crippen LogP contribution in [0.1, 0.15) is 12.5 Å². The summed E-state index contributed by atoms with van der Waals surface area (Å²) in [5.74, 6) is -3.74. The van der Waals surface area contributed by atoms with Gasteiger partial charge in [-0.3, -0.25) is 14.4 Å². The van der Waals surface area contributed by atoms with E-state index in [0.717, 1.165) is 10.9 Å². The van der Waals surface area contributed by atoms with E-state index >= 15 is 0 Å². The van der Waals surface area contributed by atoms with Crippen LogP contribution in [0.5, 0.6) is 0 Å². The molecule has 0 aliphatic heterocycles. The van der Waals surface area contributed by atoms with Crippen LogP contribution in [-0.4, -0.2) is 81.4 Å². The molecule has 9 N–H and O–H groups in total. The van der Waals surface area contributed by atoms with Crippen molar-refractivity contribution < 1.29 is 34.5 Å². The van der Waals surface area contributed by atoms with Crippen LogP contribution in [0.15, 0.2) is 30.5 Å². The molecule has 3 amide bonds. The number of carbonyl (C=O) groups excluding carboxylic acids is 3. The number of nitrogens with one attached hydrogen (secondary N) is 4. The summed E-state index contributed by atoms with van der Waals surface area (Å²) in [5.41, 5.74) is 6.87. The molecule has 0 radical (unpaired) electrons. The zero-order valence-electron chi connectivity index (χ0n) is 17.4. The largest absolute Gasteiger partial charge is 0.480 e. The van der Waals surface area contributed by atoms with E-state index in [4.69, 9.17) is 10.8 Å². The molecule has 0 aliphatic rings. The van der Waals surface area contributed by atoms with E-state index in [-0.39, 0.29) is 6.42 Å². The van der Waals surface area contributed by atoms with Crippen molar-refractivity contribution in [3.8, 4) is 0 Å². The Hall–Kier alpha value is -3.48. The molecule has 12 nitrogen and oxygen atoms in total. The van der Waals surface area contributed by atoms with Gasteiger partial charge in [-0.05, 0) is 18.6 Å². The molecule has 0 saturated heterocycles. The van der Waals surface area contributed by atoms with Gasteiger partial charge in [0.1, 0.15) is 12.1 Å². The molecule has 0 fully saturated rings. The number of fused-ring (bicyclic) bond motifs is 1. The van der Waals surface area contributed by atoms with Crippen molar-refractivity contribution in [1.82, 2.24) is 20.9 Å². The van der Waals surface area contributed by atoms with Crippen LogP contribution in [0.2, 0.25) is 0 Å². The third-order valence-electron chi connectivity index (χ3n) is 4.75. The Morgan fingerprint density at radius 1 is 1.12 bits per heavy atom. The predicted octanol–water partition coefficient (Wildman–Crippen LogP) is -2.42. The predicted molar refractivity (Wildman–Crippen MR) is 113 cm³/mol. The number of H-pyrrole nitrogens is 1. The number of nitrogens with two attached hydrogens (primary N) is 1. The summed E-state index contributed by atoms with van der Waals surface area (Å²) in [7, 11) is 0. The molecular formula is C20H27N5O7. The number of para-hydroxylation sites is 1. The number of carboxylic acids is 1. The van der Waals surface area contributed by atoms with E-state index in [2.05, 4.69) is 20.9 Å². The second-order valence-corrected chi connectivity index (χ2v) is 7.26. The van der Waals surface area contributed by atoms with Gasteiger partial charge in [0.2, 0.25) is 17.7 Å². The lowest BCUT2D eigenvalue weighted by molar-refractivity contribution is -0.145. The lowest BCUT2D eigenvalue weighted by Crippen LogP contribution is -2.56. The number of aromatic amines is 1. The zero-order chi connectivity index (χ0) is 23.8. The minimum Gasteiger partial charge on any atom is -0.480 e. The summed E-state index contributed by atoms with van der Waals surface area (Å²) in [6.07, 6.45) is 0.306. The van der Waals surface area contributed by atoms with Crippen LogP contribution in [-0.2, 0) is 25.6 Å². The number of aliphatic hydroxyl groups is 2. The normalized spacial score (nSPS) is 14.8. The molecule has 1 aromatic carbocycles. The van der Waals surface area contributed by atoms with Gasteiger partial charge in [-0.2, -0.15) is 0 Å². The van der Waals surface area contributed by atoms with E-state index in [1.165, 1.54) is 6.92 Å².